The quantitative estimate of drug-likeness (QED) is 0.452. The lowest BCUT2D eigenvalue weighted by molar-refractivity contribution is -0.384. The number of hydrogen-bond donors (Lipinski definition) is 1. The van der Waals surface area contributed by atoms with Crippen molar-refractivity contribution in [2.24, 2.45) is 0 Å². The van der Waals surface area contributed by atoms with Crippen molar-refractivity contribution >= 4 is 34.8 Å². The monoisotopic (exact) mass is 401 g/mol. The van der Waals surface area contributed by atoms with E-state index in [0.29, 0.717) is 18.7 Å². The van der Waals surface area contributed by atoms with Gasteiger partial charge in [0, 0.05) is 30.8 Å². The van der Waals surface area contributed by atoms with E-state index >= 15 is 0 Å². The zero-order chi connectivity index (χ0) is 21.0. The van der Waals surface area contributed by atoms with Crippen LogP contribution < -0.4 is 10.2 Å². The number of anilines is 2. The van der Waals surface area contributed by atoms with Crippen LogP contribution >= 0.6 is 0 Å². The molecule has 0 spiro atoms. The Kier molecular flexibility index (Phi) is 5.82. The summed E-state index contributed by atoms with van der Waals surface area (Å²) in [5.41, 5.74) is -0.0802. The van der Waals surface area contributed by atoms with Crippen LogP contribution in [-0.4, -0.2) is 35.9 Å². The lowest BCUT2D eigenvalue weighted by atomic mass is 10.2. The maximum absolute atomic E-state index is 13.7. The van der Waals surface area contributed by atoms with Crippen LogP contribution in [-0.2, 0) is 14.3 Å². The van der Waals surface area contributed by atoms with Gasteiger partial charge in [-0.15, -0.1) is 0 Å². The van der Waals surface area contributed by atoms with Gasteiger partial charge in [0.25, 0.3) is 11.6 Å². The Balaban J connectivity index is 1.61. The van der Waals surface area contributed by atoms with Crippen molar-refractivity contribution in [3.8, 4) is 0 Å². The fourth-order valence-electron chi connectivity index (χ4n) is 2.85. The normalized spacial score (nSPS) is 13.3. The molecule has 0 radical (unpaired) electrons. The Morgan fingerprint density at radius 2 is 2.03 bits per heavy atom. The second-order valence-electron chi connectivity index (χ2n) is 6.24. The predicted molar refractivity (Wildman–Crippen MR) is 100.0 cm³/mol. The number of nitro groups is 1. The molecule has 0 atom stereocenters. The van der Waals surface area contributed by atoms with E-state index in [-0.39, 0.29) is 11.5 Å². The van der Waals surface area contributed by atoms with E-state index in [0.717, 1.165) is 24.6 Å². The molecular weight excluding hydrogens is 385 g/mol. The highest BCUT2D eigenvalue weighted by Gasteiger charge is 2.22. The summed E-state index contributed by atoms with van der Waals surface area (Å²) in [7, 11) is 0. The van der Waals surface area contributed by atoms with Crippen molar-refractivity contribution in [2.45, 2.75) is 12.8 Å². The SMILES string of the molecule is O=C(COC(=O)c1cccc(N2CCCC2=O)c1)Nc1cc([N+](=O)[O-])ccc1F. The number of non-ortho nitro benzene ring substituents is 1. The lowest BCUT2D eigenvalue weighted by Gasteiger charge is -2.16. The molecule has 2 aromatic carbocycles. The molecule has 3 rings (SSSR count). The van der Waals surface area contributed by atoms with Crippen molar-refractivity contribution in [3.05, 3.63) is 64.0 Å². The first kappa shape index (κ1) is 19.9. The van der Waals surface area contributed by atoms with Gasteiger partial charge in [-0.25, -0.2) is 9.18 Å². The van der Waals surface area contributed by atoms with Gasteiger partial charge in [0.15, 0.2) is 6.61 Å². The largest absolute Gasteiger partial charge is 0.452 e. The molecule has 10 heteroatoms. The van der Waals surface area contributed by atoms with Gasteiger partial charge < -0.3 is 15.0 Å². The van der Waals surface area contributed by atoms with Gasteiger partial charge in [-0.3, -0.25) is 19.7 Å². The number of benzene rings is 2. The van der Waals surface area contributed by atoms with E-state index in [1.165, 1.54) is 12.1 Å². The maximum atomic E-state index is 13.7. The summed E-state index contributed by atoms with van der Waals surface area (Å²) in [6.45, 7) is -0.150. The molecule has 2 aromatic rings. The Morgan fingerprint density at radius 1 is 1.24 bits per heavy atom. The molecule has 1 heterocycles. The smallest absolute Gasteiger partial charge is 0.338 e. The molecule has 0 aromatic heterocycles. The third kappa shape index (κ3) is 4.72. The first-order valence-electron chi connectivity index (χ1n) is 8.66. The van der Waals surface area contributed by atoms with E-state index < -0.39 is 40.6 Å². The van der Waals surface area contributed by atoms with Crippen LogP contribution in [0.15, 0.2) is 42.5 Å². The zero-order valence-corrected chi connectivity index (χ0v) is 15.1. The van der Waals surface area contributed by atoms with Gasteiger partial charge >= 0.3 is 5.97 Å². The average molecular weight is 401 g/mol. The Labute approximate surface area is 164 Å². The molecular formula is C19H16FN3O6. The average Bonchev–Trinajstić information content (AvgIpc) is 3.13. The highest BCUT2D eigenvalue weighted by molar-refractivity contribution is 5.98. The first-order chi connectivity index (χ1) is 13.8. The number of carbonyl (C=O) groups excluding carboxylic acids is 3. The third-order valence-electron chi connectivity index (χ3n) is 4.24. The summed E-state index contributed by atoms with van der Waals surface area (Å²) in [5.74, 6) is -2.55. The van der Waals surface area contributed by atoms with E-state index in [4.69, 9.17) is 4.74 Å². The Hall–Kier alpha value is -3.82. The van der Waals surface area contributed by atoms with E-state index in [1.54, 1.807) is 17.0 Å². The van der Waals surface area contributed by atoms with Crippen LogP contribution in [0.25, 0.3) is 0 Å². The maximum Gasteiger partial charge on any atom is 0.338 e. The second-order valence-corrected chi connectivity index (χ2v) is 6.24. The Bertz CT molecular complexity index is 994. The molecule has 9 nitrogen and oxygen atoms in total. The van der Waals surface area contributed by atoms with Gasteiger partial charge in [0.2, 0.25) is 5.91 Å². The number of halogens is 1. The molecule has 1 saturated heterocycles. The molecule has 150 valence electrons. The van der Waals surface area contributed by atoms with Crippen molar-refractivity contribution in [1.29, 1.82) is 0 Å². The predicted octanol–water partition coefficient (Wildman–Crippen LogP) is 2.66. The minimum Gasteiger partial charge on any atom is -0.452 e. The molecule has 1 aliphatic rings. The zero-order valence-electron chi connectivity index (χ0n) is 15.1. The fraction of sp³-hybridized carbons (Fsp3) is 0.211. The molecule has 1 fully saturated rings. The molecule has 0 unspecified atom stereocenters. The van der Waals surface area contributed by atoms with E-state index in [2.05, 4.69) is 5.32 Å². The number of rotatable bonds is 6. The van der Waals surface area contributed by atoms with Gasteiger partial charge in [0.1, 0.15) is 5.82 Å². The third-order valence-corrected chi connectivity index (χ3v) is 4.24. The number of nitrogens with zero attached hydrogens (tertiary/aromatic N) is 2. The van der Waals surface area contributed by atoms with Crippen molar-refractivity contribution in [1.82, 2.24) is 0 Å². The number of esters is 1. The molecule has 0 bridgehead atoms. The van der Waals surface area contributed by atoms with Crippen LogP contribution in [0.5, 0.6) is 0 Å². The molecule has 1 aliphatic heterocycles. The number of nitro benzene ring substituents is 1. The topological polar surface area (TPSA) is 119 Å². The minimum absolute atomic E-state index is 0.0334. The number of amides is 2. The lowest BCUT2D eigenvalue weighted by Crippen LogP contribution is -2.24. The molecule has 2 amide bonds. The standard InChI is InChI=1S/C19H16FN3O6/c20-15-7-6-14(23(27)28)10-16(15)21-17(24)11-29-19(26)12-3-1-4-13(9-12)22-8-2-5-18(22)25/h1,3-4,6-7,9-10H,2,5,8,11H2,(H,21,24). The molecule has 1 N–H and O–H groups in total. The molecule has 0 aliphatic carbocycles. The number of nitrogens with one attached hydrogen (secondary N) is 1. The van der Waals surface area contributed by atoms with Crippen LogP contribution in [0.3, 0.4) is 0 Å². The molecule has 29 heavy (non-hydrogen) atoms. The number of hydrogen-bond acceptors (Lipinski definition) is 6. The van der Waals surface area contributed by atoms with Gasteiger partial charge in [0.05, 0.1) is 16.2 Å². The van der Waals surface area contributed by atoms with E-state index in [9.17, 15) is 28.9 Å². The van der Waals surface area contributed by atoms with Crippen LogP contribution in [0.2, 0.25) is 0 Å². The fourth-order valence-corrected chi connectivity index (χ4v) is 2.85. The summed E-state index contributed by atoms with van der Waals surface area (Å²) in [5, 5.41) is 12.9. The van der Waals surface area contributed by atoms with Crippen molar-refractivity contribution in [2.75, 3.05) is 23.4 Å². The van der Waals surface area contributed by atoms with Gasteiger partial charge in [-0.05, 0) is 30.7 Å². The van der Waals surface area contributed by atoms with Crippen molar-refractivity contribution in [3.63, 3.8) is 0 Å². The molecule has 0 saturated carbocycles. The van der Waals surface area contributed by atoms with Crippen LogP contribution in [0.1, 0.15) is 23.2 Å². The van der Waals surface area contributed by atoms with Crippen molar-refractivity contribution < 1.29 is 28.4 Å². The van der Waals surface area contributed by atoms with Crippen LogP contribution in [0, 0.1) is 15.9 Å². The minimum atomic E-state index is -0.863. The first-order valence-corrected chi connectivity index (χ1v) is 8.66. The van der Waals surface area contributed by atoms with Gasteiger partial charge in [-0.1, -0.05) is 6.07 Å². The summed E-state index contributed by atoms with van der Waals surface area (Å²) in [6.07, 6.45) is 1.19. The number of ether oxygens (including phenoxy) is 1. The second kappa shape index (κ2) is 8.46. The van der Waals surface area contributed by atoms with Gasteiger partial charge in [-0.2, -0.15) is 0 Å². The highest BCUT2D eigenvalue weighted by Crippen LogP contribution is 2.23. The summed E-state index contributed by atoms with van der Waals surface area (Å²) >= 11 is 0. The summed E-state index contributed by atoms with van der Waals surface area (Å²) in [4.78, 5) is 47.5. The Morgan fingerprint density at radius 3 is 2.72 bits per heavy atom. The summed E-state index contributed by atoms with van der Waals surface area (Å²) in [6, 6.07) is 8.93. The highest BCUT2D eigenvalue weighted by atomic mass is 19.1. The number of carbonyl (C=O) groups is 3. The van der Waals surface area contributed by atoms with Crippen LogP contribution in [0.4, 0.5) is 21.5 Å². The van der Waals surface area contributed by atoms with E-state index in [1.807, 2.05) is 0 Å². The summed E-state index contributed by atoms with van der Waals surface area (Å²) < 4.78 is 18.6.